The van der Waals surface area contributed by atoms with E-state index in [1.807, 2.05) is 11.9 Å². The average Bonchev–Trinajstić information content (AvgIpc) is 3.10. The van der Waals surface area contributed by atoms with E-state index in [4.69, 9.17) is 23.2 Å². The molecule has 1 aliphatic carbocycles. The van der Waals surface area contributed by atoms with Gasteiger partial charge in [-0.1, -0.05) is 36.0 Å². The molecular formula is C18H24Cl2N2O. The molecule has 0 aromatic heterocycles. The molecule has 0 radical (unpaired) electrons. The molecule has 2 aliphatic rings. The van der Waals surface area contributed by atoms with Crippen molar-refractivity contribution in [3.63, 3.8) is 0 Å². The lowest BCUT2D eigenvalue weighted by atomic mass is 9.88. The van der Waals surface area contributed by atoms with Crippen LogP contribution in [0, 0.1) is 0 Å². The van der Waals surface area contributed by atoms with E-state index in [0.717, 1.165) is 6.42 Å². The van der Waals surface area contributed by atoms with Crippen LogP contribution in [0.2, 0.25) is 10.0 Å². The summed E-state index contributed by atoms with van der Waals surface area (Å²) >= 11 is 12.0. The number of likely N-dealkylation sites (N-methyl/N-ethyl adjacent to an activating group) is 1. The molecule has 1 heterocycles. The van der Waals surface area contributed by atoms with Crippen LogP contribution in [0.3, 0.4) is 0 Å². The van der Waals surface area contributed by atoms with Crippen molar-refractivity contribution in [3.8, 4) is 0 Å². The third-order valence-corrected chi connectivity index (χ3v) is 6.03. The minimum Gasteiger partial charge on any atom is -0.337 e. The highest BCUT2D eigenvalue weighted by Gasteiger charge is 2.35. The Morgan fingerprint density at radius 2 is 1.78 bits per heavy atom. The standard InChI is InChI=1S/C18H24Cl2N2O/c1-21(18(23)13-8-9-14(19)15(20)12-13)16-6-2-3-7-17(16)22-10-4-5-11-22/h8-9,12,16-17H,2-7,10-11H2,1H3/t16-,17+/m0/s1. The number of rotatable bonds is 3. The Morgan fingerprint density at radius 1 is 1.09 bits per heavy atom. The molecule has 0 spiro atoms. The lowest BCUT2D eigenvalue weighted by Crippen LogP contribution is -2.53. The van der Waals surface area contributed by atoms with Gasteiger partial charge in [-0.2, -0.15) is 0 Å². The molecule has 126 valence electrons. The molecule has 1 aromatic rings. The average molecular weight is 355 g/mol. The van der Waals surface area contributed by atoms with Gasteiger partial charge < -0.3 is 4.90 Å². The summed E-state index contributed by atoms with van der Waals surface area (Å²) in [5, 5.41) is 0.920. The Hall–Kier alpha value is -0.770. The molecule has 1 aliphatic heterocycles. The second kappa shape index (κ2) is 7.42. The van der Waals surface area contributed by atoms with Crippen LogP contribution in [0.5, 0.6) is 0 Å². The highest BCUT2D eigenvalue weighted by Crippen LogP contribution is 2.30. The van der Waals surface area contributed by atoms with Crippen molar-refractivity contribution in [2.75, 3.05) is 20.1 Å². The summed E-state index contributed by atoms with van der Waals surface area (Å²) in [4.78, 5) is 17.4. The van der Waals surface area contributed by atoms with Crippen LogP contribution >= 0.6 is 23.2 Å². The maximum Gasteiger partial charge on any atom is 0.253 e. The van der Waals surface area contributed by atoms with E-state index < -0.39 is 0 Å². The molecule has 1 saturated heterocycles. The van der Waals surface area contributed by atoms with E-state index in [0.29, 0.717) is 27.7 Å². The predicted octanol–water partition coefficient (Wildman–Crippen LogP) is 4.47. The Morgan fingerprint density at radius 3 is 2.48 bits per heavy atom. The normalized spacial score (nSPS) is 25.5. The second-order valence-electron chi connectivity index (χ2n) is 6.71. The molecular weight excluding hydrogens is 331 g/mol. The first-order valence-corrected chi connectivity index (χ1v) is 9.30. The van der Waals surface area contributed by atoms with Gasteiger partial charge in [0.05, 0.1) is 10.0 Å². The fourth-order valence-corrected chi connectivity index (χ4v) is 4.32. The van der Waals surface area contributed by atoms with Crippen LogP contribution < -0.4 is 0 Å². The van der Waals surface area contributed by atoms with Gasteiger partial charge in [-0.3, -0.25) is 9.69 Å². The number of likely N-dealkylation sites (tertiary alicyclic amines) is 1. The summed E-state index contributed by atoms with van der Waals surface area (Å²) < 4.78 is 0. The van der Waals surface area contributed by atoms with Gasteiger partial charge in [0.2, 0.25) is 0 Å². The molecule has 0 bridgehead atoms. The second-order valence-corrected chi connectivity index (χ2v) is 7.52. The van der Waals surface area contributed by atoms with Gasteiger partial charge in [0.1, 0.15) is 0 Å². The Kier molecular flexibility index (Phi) is 5.50. The van der Waals surface area contributed by atoms with Crippen molar-refractivity contribution in [3.05, 3.63) is 33.8 Å². The monoisotopic (exact) mass is 354 g/mol. The van der Waals surface area contributed by atoms with Crippen LogP contribution in [0.15, 0.2) is 18.2 Å². The van der Waals surface area contributed by atoms with Crippen molar-refractivity contribution >= 4 is 29.1 Å². The molecule has 5 heteroatoms. The van der Waals surface area contributed by atoms with Crippen molar-refractivity contribution in [2.24, 2.45) is 0 Å². The molecule has 2 fully saturated rings. The maximum atomic E-state index is 12.9. The first-order chi connectivity index (χ1) is 11.1. The molecule has 1 saturated carbocycles. The van der Waals surface area contributed by atoms with Crippen molar-refractivity contribution in [1.82, 2.24) is 9.80 Å². The highest BCUT2D eigenvalue weighted by molar-refractivity contribution is 6.42. The van der Waals surface area contributed by atoms with E-state index in [2.05, 4.69) is 4.90 Å². The van der Waals surface area contributed by atoms with E-state index in [1.165, 1.54) is 45.2 Å². The van der Waals surface area contributed by atoms with Crippen LogP contribution in [-0.2, 0) is 0 Å². The van der Waals surface area contributed by atoms with Crippen molar-refractivity contribution in [1.29, 1.82) is 0 Å². The summed E-state index contributed by atoms with van der Waals surface area (Å²) in [5.41, 5.74) is 0.618. The Bertz CT molecular complexity index is 572. The van der Waals surface area contributed by atoms with Crippen molar-refractivity contribution < 1.29 is 4.79 Å². The SMILES string of the molecule is CN(C(=O)c1ccc(Cl)c(Cl)c1)[C@H]1CCCC[C@H]1N1CCCC1. The van der Waals surface area contributed by atoms with Gasteiger partial charge in [0, 0.05) is 24.7 Å². The quantitative estimate of drug-likeness (QED) is 0.799. The van der Waals surface area contributed by atoms with E-state index in [9.17, 15) is 4.79 Å². The number of benzene rings is 1. The number of halogens is 2. The first-order valence-electron chi connectivity index (χ1n) is 8.54. The third kappa shape index (κ3) is 3.67. The van der Waals surface area contributed by atoms with Crippen LogP contribution in [0.4, 0.5) is 0 Å². The molecule has 3 nitrogen and oxygen atoms in total. The van der Waals surface area contributed by atoms with E-state index in [1.54, 1.807) is 18.2 Å². The van der Waals surface area contributed by atoms with Crippen LogP contribution in [-0.4, -0.2) is 47.9 Å². The topological polar surface area (TPSA) is 23.6 Å². The number of amides is 1. The fourth-order valence-electron chi connectivity index (χ4n) is 4.03. The van der Waals surface area contributed by atoms with Crippen LogP contribution in [0.1, 0.15) is 48.9 Å². The highest BCUT2D eigenvalue weighted by atomic mass is 35.5. The molecule has 23 heavy (non-hydrogen) atoms. The minimum atomic E-state index is 0.0414. The summed E-state index contributed by atoms with van der Waals surface area (Å²) in [6.45, 7) is 2.35. The number of carbonyl (C=O) groups excluding carboxylic acids is 1. The van der Waals surface area contributed by atoms with Gasteiger partial charge >= 0.3 is 0 Å². The van der Waals surface area contributed by atoms with E-state index in [-0.39, 0.29) is 5.91 Å². The smallest absolute Gasteiger partial charge is 0.253 e. The zero-order valence-electron chi connectivity index (χ0n) is 13.6. The van der Waals surface area contributed by atoms with Gasteiger partial charge in [0.15, 0.2) is 0 Å². The lowest BCUT2D eigenvalue weighted by molar-refractivity contribution is 0.0496. The summed E-state index contributed by atoms with van der Waals surface area (Å²) in [6.07, 6.45) is 7.33. The Labute approximate surface area is 148 Å². The summed E-state index contributed by atoms with van der Waals surface area (Å²) in [7, 11) is 1.93. The van der Waals surface area contributed by atoms with E-state index >= 15 is 0 Å². The molecule has 1 amide bonds. The number of hydrogen-bond acceptors (Lipinski definition) is 2. The van der Waals surface area contributed by atoms with Gasteiger partial charge in [-0.15, -0.1) is 0 Å². The summed E-state index contributed by atoms with van der Waals surface area (Å²) in [5.74, 6) is 0.0414. The maximum absolute atomic E-state index is 12.9. The largest absolute Gasteiger partial charge is 0.337 e. The number of carbonyl (C=O) groups is 1. The zero-order valence-corrected chi connectivity index (χ0v) is 15.1. The predicted molar refractivity (Wildman–Crippen MR) is 95.4 cm³/mol. The van der Waals surface area contributed by atoms with Crippen LogP contribution in [0.25, 0.3) is 0 Å². The molecule has 2 atom stereocenters. The van der Waals surface area contributed by atoms with Gasteiger partial charge in [0.25, 0.3) is 5.91 Å². The molecule has 3 rings (SSSR count). The Balaban J connectivity index is 1.77. The lowest BCUT2D eigenvalue weighted by Gasteiger charge is -2.42. The molecule has 0 N–H and O–H groups in total. The molecule has 1 aromatic carbocycles. The first kappa shape index (κ1) is 17.1. The number of hydrogen-bond donors (Lipinski definition) is 0. The molecule has 0 unspecified atom stereocenters. The minimum absolute atomic E-state index is 0.0414. The third-order valence-electron chi connectivity index (χ3n) is 5.29. The zero-order chi connectivity index (χ0) is 16.4. The van der Waals surface area contributed by atoms with Gasteiger partial charge in [-0.25, -0.2) is 0 Å². The van der Waals surface area contributed by atoms with Gasteiger partial charge in [-0.05, 0) is 57.0 Å². The van der Waals surface area contributed by atoms with Crippen molar-refractivity contribution in [2.45, 2.75) is 50.6 Å². The fraction of sp³-hybridized carbons (Fsp3) is 0.611. The number of nitrogens with zero attached hydrogens (tertiary/aromatic N) is 2. The summed E-state index contributed by atoms with van der Waals surface area (Å²) in [6, 6.07) is 5.94.